The number of benzene rings is 1. The van der Waals surface area contributed by atoms with Crippen LogP contribution in [0.1, 0.15) is 58.6 Å². The molecule has 5 nitrogen and oxygen atoms in total. The van der Waals surface area contributed by atoms with Crippen LogP contribution in [0.3, 0.4) is 0 Å². The van der Waals surface area contributed by atoms with Crippen LogP contribution in [-0.2, 0) is 12.1 Å². The predicted octanol–water partition coefficient (Wildman–Crippen LogP) is 3.60. The summed E-state index contributed by atoms with van der Waals surface area (Å²) in [5.74, 6) is 0. The molecule has 2 aromatic rings. The van der Waals surface area contributed by atoms with E-state index in [1.807, 2.05) is 16.7 Å². The molecule has 28 heavy (non-hydrogen) atoms. The summed E-state index contributed by atoms with van der Waals surface area (Å²) in [7, 11) is 0. The maximum Gasteiger partial charge on any atom is 0.349 e. The Morgan fingerprint density at radius 3 is 2.36 bits per heavy atom. The topological polar surface area (TPSA) is 41.4 Å². The number of aromatic nitrogens is 2. The van der Waals surface area contributed by atoms with E-state index in [-0.39, 0.29) is 11.1 Å². The van der Waals surface area contributed by atoms with E-state index in [0.29, 0.717) is 6.67 Å². The maximum atomic E-state index is 12.9. The van der Waals surface area contributed by atoms with Gasteiger partial charge in [-0.15, -0.1) is 0 Å². The number of para-hydroxylation sites is 1. The Hall–Kier alpha value is -1.72. The van der Waals surface area contributed by atoms with Crippen LogP contribution in [-0.4, -0.2) is 51.6 Å². The second kappa shape index (κ2) is 7.96. The number of likely N-dealkylation sites (tertiary alicyclic amines) is 2. The lowest BCUT2D eigenvalue weighted by molar-refractivity contribution is 0.0790. The number of piperidine rings is 2. The molecule has 1 aromatic heterocycles. The van der Waals surface area contributed by atoms with Gasteiger partial charge in [0.1, 0.15) is 0 Å². The first-order valence-electron chi connectivity index (χ1n) is 10.9. The van der Waals surface area contributed by atoms with E-state index < -0.39 is 0 Å². The highest BCUT2D eigenvalue weighted by molar-refractivity contribution is 5.82. The molecule has 5 heteroatoms. The summed E-state index contributed by atoms with van der Waals surface area (Å²) in [4.78, 5) is 22.5. The number of nitrogens with zero attached hydrogens (tertiary/aromatic N) is 4. The zero-order valence-corrected chi connectivity index (χ0v) is 17.7. The normalized spacial score (nSPS) is 20.7. The van der Waals surface area contributed by atoms with Crippen molar-refractivity contribution < 1.29 is 0 Å². The van der Waals surface area contributed by atoms with Gasteiger partial charge in [0.15, 0.2) is 0 Å². The average Bonchev–Trinajstić information content (AvgIpc) is 2.70. The van der Waals surface area contributed by atoms with E-state index in [1.54, 1.807) is 0 Å². The van der Waals surface area contributed by atoms with Crippen LogP contribution in [0.2, 0.25) is 0 Å². The third kappa shape index (κ3) is 4.01. The third-order valence-corrected chi connectivity index (χ3v) is 6.40. The molecule has 0 N–H and O–H groups in total. The molecule has 0 aliphatic carbocycles. The van der Waals surface area contributed by atoms with Gasteiger partial charge in [0, 0.05) is 29.9 Å². The van der Waals surface area contributed by atoms with E-state index in [4.69, 9.17) is 0 Å². The van der Waals surface area contributed by atoms with Gasteiger partial charge in [-0.1, -0.05) is 45.4 Å². The smallest absolute Gasteiger partial charge is 0.300 e. The second-order valence-electron chi connectivity index (χ2n) is 9.53. The first-order chi connectivity index (χ1) is 13.4. The minimum absolute atomic E-state index is 0.123. The largest absolute Gasteiger partial charge is 0.349 e. The van der Waals surface area contributed by atoms with Crippen LogP contribution in [0.4, 0.5) is 0 Å². The van der Waals surface area contributed by atoms with Crippen molar-refractivity contribution in [3.8, 4) is 0 Å². The molecule has 0 saturated carbocycles. The van der Waals surface area contributed by atoms with Crippen LogP contribution in [0.5, 0.6) is 0 Å². The Morgan fingerprint density at radius 2 is 1.68 bits per heavy atom. The van der Waals surface area contributed by atoms with Gasteiger partial charge in [-0.25, -0.2) is 4.79 Å². The van der Waals surface area contributed by atoms with Crippen molar-refractivity contribution in [2.45, 2.75) is 71.0 Å². The fourth-order valence-corrected chi connectivity index (χ4v) is 4.85. The van der Waals surface area contributed by atoms with Gasteiger partial charge in [-0.3, -0.25) is 9.47 Å². The minimum Gasteiger partial charge on any atom is -0.300 e. The molecule has 0 amide bonds. The van der Waals surface area contributed by atoms with Gasteiger partial charge >= 0.3 is 5.69 Å². The highest BCUT2D eigenvalue weighted by atomic mass is 16.1. The standard InChI is InChI=1S/C23H34N4O/c1-23(2,3)21-19-9-5-6-10-20(19)27(22(28)24-21)17-25-15-11-18(12-16-25)26-13-7-4-8-14-26/h5-6,9-10,18H,4,7-8,11-17H2,1-3H3. The second-order valence-corrected chi connectivity index (χ2v) is 9.53. The van der Waals surface area contributed by atoms with Crippen LogP contribution in [0.15, 0.2) is 29.1 Å². The highest BCUT2D eigenvalue weighted by Gasteiger charge is 2.27. The lowest BCUT2D eigenvalue weighted by atomic mass is 9.89. The Kier molecular flexibility index (Phi) is 5.57. The Balaban J connectivity index is 1.53. The van der Waals surface area contributed by atoms with Crippen LogP contribution < -0.4 is 5.69 Å². The molecule has 0 bridgehead atoms. The lowest BCUT2D eigenvalue weighted by Crippen LogP contribution is -2.47. The fraction of sp³-hybridized carbons (Fsp3) is 0.652. The quantitative estimate of drug-likeness (QED) is 0.813. The van der Waals surface area contributed by atoms with Crippen molar-refractivity contribution >= 4 is 10.9 Å². The van der Waals surface area contributed by atoms with Gasteiger partial charge in [0.05, 0.1) is 17.9 Å². The van der Waals surface area contributed by atoms with E-state index >= 15 is 0 Å². The van der Waals surface area contributed by atoms with Gasteiger partial charge in [-0.05, 0) is 44.8 Å². The molecule has 2 saturated heterocycles. The summed E-state index contributed by atoms with van der Waals surface area (Å²) >= 11 is 0. The fourth-order valence-electron chi connectivity index (χ4n) is 4.85. The molecular formula is C23H34N4O. The number of fused-ring (bicyclic) bond motifs is 1. The molecule has 2 aliphatic rings. The number of rotatable bonds is 3. The highest BCUT2D eigenvalue weighted by Crippen LogP contribution is 2.27. The molecule has 0 radical (unpaired) electrons. The molecule has 2 fully saturated rings. The van der Waals surface area contributed by atoms with Crippen molar-refractivity contribution in [3.63, 3.8) is 0 Å². The zero-order chi connectivity index (χ0) is 19.7. The summed E-state index contributed by atoms with van der Waals surface area (Å²) in [6.07, 6.45) is 6.52. The molecule has 0 atom stereocenters. The van der Waals surface area contributed by atoms with Gasteiger partial charge in [0.2, 0.25) is 0 Å². The Bertz CT molecular complexity index is 868. The lowest BCUT2D eigenvalue weighted by Gasteiger charge is -2.40. The van der Waals surface area contributed by atoms with Crippen molar-refractivity contribution in [2.24, 2.45) is 0 Å². The minimum atomic E-state index is -0.148. The van der Waals surface area contributed by atoms with Crippen molar-refractivity contribution in [2.75, 3.05) is 26.2 Å². The predicted molar refractivity (Wildman–Crippen MR) is 115 cm³/mol. The SMILES string of the molecule is CC(C)(C)c1nc(=O)n(CN2CCC(N3CCCCC3)CC2)c2ccccc12. The Morgan fingerprint density at radius 1 is 1.00 bits per heavy atom. The van der Waals surface area contributed by atoms with Crippen LogP contribution in [0.25, 0.3) is 10.9 Å². The number of hydrogen-bond donors (Lipinski definition) is 0. The van der Waals surface area contributed by atoms with E-state index in [2.05, 4.69) is 47.7 Å². The molecule has 3 heterocycles. The molecule has 0 unspecified atom stereocenters. The van der Waals surface area contributed by atoms with Gasteiger partial charge in [-0.2, -0.15) is 4.98 Å². The summed E-state index contributed by atoms with van der Waals surface area (Å²) in [6, 6.07) is 8.95. The van der Waals surface area contributed by atoms with Crippen molar-refractivity contribution in [1.29, 1.82) is 0 Å². The third-order valence-electron chi connectivity index (χ3n) is 6.40. The summed E-state index contributed by atoms with van der Waals surface area (Å²) in [6.45, 7) is 11.7. The van der Waals surface area contributed by atoms with Crippen molar-refractivity contribution in [3.05, 3.63) is 40.4 Å². The summed E-state index contributed by atoms with van der Waals surface area (Å²) in [5.41, 5.74) is 1.63. The maximum absolute atomic E-state index is 12.9. The monoisotopic (exact) mass is 382 g/mol. The molecule has 0 spiro atoms. The van der Waals surface area contributed by atoms with Gasteiger partial charge < -0.3 is 4.90 Å². The molecular weight excluding hydrogens is 348 g/mol. The number of hydrogen-bond acceptors (Lipinski definition) is 4. The zero-order valence-electron chi connectivity index (χ0n) is 17.7. The Labute approximate surface area is 168 Å². The van der Waals surface area contributed by atoms with Crippen molar-refractivity contribution in [1.82, 2.24) is 19.4 Å². The van der Waals surface area contributed by atoms with Gasteiger partial charge in [0.25, 0.3) is 0 Å². The van der Waals surface area contributed by atoms with E-state index in [1.165, 1.54) is 45.2 Å². The van der Waals surface area contributed by atoms with Crippen LogP contribution >= 0.6 is 0 Å². The molecule has 2 aliphatic heterocycles. The van der Waals surface area contributed by atoms with Crippen LogP contribution in [0, 0.1) is 0 Å². The summed E-state index contributed by atoms with van der Waals surface area (Å²) < 4.78 is 1.87. The first-order valence-corrected chi connectivity index (χ1v) is 10.9. The van der Waals surface area contributed by atoms with E-state index in [0.717, 1.165) is 35.7 Å². The molecule has 1 aromatic carbocycles. The first kappa shape index (κ1) is 19.6. The summed E-state index contributed by atoms with van der Waals surface area (Å²) in [5, 5.41) is 1.10. The molecule has 4 rings (SSSR count). The van der Waals surface area contributed by atoms with E-state index in [9.17, 15) is 4.79 Å². The average molecular weight is 383 g/mol. The molecule has 152 valence electrons.